The Morgan fingerprint density at radius 3 is 2.58 bits per heavy atom. The van der Waals surface area contributed by atoms with Crippen molar-refractivity contribution in [1.82, 2.24) is 25.5 Å². The zero-order valence-corrected chi connectivity index (χ0v) is 20.2. The Morgan fingerprint density at radius 2 is 1.79 bits per heavy atom. The molecule has 0 aliphatic carbocycles. The molecule has 0 atom stereocenters. The molecule has 6 nitrogen and oxygen atoms in total. The van der Waals surface area contributed by atoms with Crippen LogP contribution in [0.15, 0.2) is 78.0 Å². The van der Waals surface area contributed by atoms with Gasteiger partial charge in [-0.15, -0.1) is 5.10 Å². The number of thioether (sulfide) groups is 1. The fourth-order valence-corrected chi connectivity index (χ4v) is 4.39. The second kappa shape index (κ2) is 12.0. The number of tetrazole rings is 1. The minimum Gasteiger partial charge on any atom is -0.489 e. The average Bonchev–Trinajstić information content (AvgIpc) is 3.31. The van der Waals surface area contributed by atoms with Crippen LogP contribution >= 0.6 is 35.0 Å². The molecule has 4 aromatic rings. The van der Waals surface area contributed by atoms with Gasteiger partial charge in [0, 0.05) is 27.9 Å². The molecule has 0 bridgehead atoms. The van der Waals surface area contributed by atoms with Crippen LogP contribution in [0.3, 0.4) is 0 Å². The van der Waals surface area contributed by atoms with Gasteiger partial charge in [0.2, 0.25) is 5.16 Å². The highest BCUT2D eigenvalue weighted by Gasteiger charge is 2.08. The number of rotatable bonds is 11. The van der Waals surface area contributed by atoms with E-state index in [1.54, 1.807) is 22.5 Å². The molecular weight excluding hydrogens is 477 g/mol. The predicted octanol–water partition coefficient (Wildman–Crippen LogP) is 5.82. The fraction of sp³-hybridized carbons (Fsp3) is 0.208. The minimum absolute atomic E-state index is 0.402. The van der Waals surface area contributed by atoms with Gasteiger partial charge in [-0.1, -0.05) is 71.4 Å². The Balaban J connectivity index is 1.15. The van der Waals surface area contributed by atoms with Crippen LogP contribution in [0.25, 0.3) is 5.69 Å². The molecule has 0 aliphatic rings. The summed E-state index contributed by atoms with van der Waals surface area (Å²) >= 11 is 13.8. The molecule has 170 valence electrons. The number of halogens is 2. The van der Waals surface area contributed by atoms with E-state index in [2.05, 4.69) is 33.0 Å². The van der Waals surface area contributed by atoms with Crippen molar-refractivity contribution in [3.63, 3.8) is 0 Å². The maximum atomic E-state index is 6.19. The van der Waals surface area contributed by atoms with Crippen molar-refractivity contribution < 1.29 is 4.74 Å². The summed E-state index contributed by atoms with van der Waals surface area (Å²) < 4.78 is 7.60. The predicted molar refractivity (Wildman–Crippen MR) is 133 cm³/mol. The van der Waals surface area contributed by atoms with Gasteiger partial charge in [-0.2, -0.15) is 4.68 Å². The van der Waals surface area contributed by atoms with Crippen LogP contribution in [0.4, 0.5) is 0 Å². The van der Waals surface area contributed by atoms with Crippen molar-refractivity contribution in [2.75, 3.05) is 12.3 Å². The summed E-state index contributed by atoms with van der Waals surface area (Å²) in [6.45, 7) is 2.11. The first kappa shape index (κ1) is 23.6. The first-order valence-electron chi connectivity index (χ1n) is 10.5. The lowest BCUT2D eigenvalue weighted by Gasteiger charge is -2.09. The lowest BCUT2D eigenvalue weighted by molar-refractivity contribution is 0.306. The maximum Gasteiger partial charge on any atom is 0.214 e. The van der Waals surface area contributed by atoms with Gasteiger partial charge in [-0.25, -0.2) is 0 Å². The third-order valence-electron chi connectivity index (χ3n) is 4.83. The second-order valence-electron chi connectivity index (χ2n) is 7.26. The summed E-state index contributed by atoms with van der Waals surface area (Å²) in [6, 6.07) is 23.4. The summed E-state index contributed by atoms with van der Waals surface area (Å²) in [5, 5.41) is 17.5. The highest BCUT2D eigenvalue weighted by atomic mass is 35.5. The Hall–Kier alpha value is -2.58. The van der Waals surface area contributed by atoms with E-state index in [-0.39, 0.29) is 0 Å². The van der Waals surface area contributed by atoms with Crippen molar-refractivity contribution in [1.29, 1.82) is 0 Å². The highest BCUT2D eigenvalue weighted by Crippen LogP contribution is 2.23. The fourth-order valence-electron chi connectivity index (χ4n) is 3.10. The van der Waals surface area contributed by atoms with E-state index >= 15 is 0 Å². The van der Waals surface area contributed by atoms with E-state index < -0.39 is 0 Å². The lowest BCUT2D eigenvalue weighted by Crippen LogP contribution is -2.15. The number of hydrogen-bond donors (Lipinski definition) is 1. The van der Waals surface area contributed by atoms with Crippen LogP contribution < -0.4 is 10.1 Å². The van der Waals surface area contributed by atoms with Gasteiger partial charge in [0.15, 0.2) is 0 Å². The molecule has 1 N–H and O–H groups in total. The van der Waals surface area contributed by atoms with Crippen LogP contribution in [0.5, 0.6) is 5.75 Å². The topological polar surface area (TPSA) is 64.9 Å². The normalized spacial score (nSPS) is 11.0. The molecule has 0 saturated carbocycles. The molecule has 0 spiro atoms. The van der Waals surface area contributed by atoms with Gasteiger partial charge in [0.25, 0.3) is 0 Å². The summed E-state index contributed by atoms with van der Waals surface area (Å²) in [5.74, 6) is 1.73. The molecule has 0 aliphatic heterocycles. The van der Waals surface area contributed by atoms with Gasteiger partial charge in [-0.3, -0.25) is 0 Å². The second-order valence-corrected chi connectivity index (χ2v) is 9.16. The van der Waals surface area contributed by atoms with Crippen LogP contribution in [-0.4, -0.2) is 32.5 Å². The zero-order valence-electron chi connectivity index (χ0n) is 17.8. The van der Waals surface area contributed by atoms with Crippen LogP contribution in [0.1, 0.15) is 17.5 Å². The van der Waals surface area contributed by atoms with Gasteiger partial charge in [0.05, 0.1) is 5.69 Å². The Labute approximate surface area is 207 Å². The van der Waals surface area contributed by atoms with Gasteiger partial charge in [-0.05, 0) is 65.4 Å². The van der Waals surface area contributed by atoms with Gasteiger partial charge < -0.3 is 10.1 Å². The molecule has 1 aromatic heterocycles. The number of nitrogens with one attached hydrogen (secondary N) is 1. The van der Waals surface area contributed by atoms with E-state index in [0.29, 0.717) is 16.7 Å². The number of hydrogen-bond acceptors (Lipinski definition) is 6. The quantitative estimate of drug-likeness (QED) is 0.207. The van der Waals surface area contributed by atoms with Crippen LogP contribution in [0, 0.1) is 0 Å². The third kappa shape index (κ3) is 6.95. The molecule has 0 saturated heterocycles. The largest absolute Gasteiger partial charge is 0.489 e. The molecule has 0 radical (unpaired) electrons. The number of aromatic nitrogens is 4. The smallest absolute Gasteiger partial charge is 0.214 e. The summed E-state index contributed by atoms with van der Waals surface area (Å²) in [5.41, 5.74) is 3.07. The van der Waals surface area contributed by atoms with Crippen molar-refractivity contribution in [3.8, 4) is 11.4 Å². The molecule has 0 unspecified atom stereocenters. The number of para-hydroxylation sites is 1. The highest BCUT2D eigenvalue weighted by molar-refractivity contribution is 7.99. The summed E-state index contributed by atoms with van der Waals surface area (Å²) in [7, 11) is 0. The Bertz CT molecular complexity index is 1160. The molecule has 3 aromatic carbocycles. The van der Waals surface area contributed by atoms with E-state index in [9.17, 15) is 0 Å². The number of benzene rings is 3. The van der Waals surface area contributed by atoms with Crippen LogP contribution in [-0.2, 0) is 13.2 Å². The number of nitrogens with zero attached hydrogens (tertiary/aromatic N) is 4. The molecular formula is C24H23Cl2N5OS. The first-order valence-corrected chi connectivity index (χ1v) is 12.3. The van der Waals surface area contributed by atoms with Crippen molar-refractivity contribution >= 4 is 35.0 Å². The summed E-state index contributed by atoms with van der Waals surface area (Å²) in [4.78, 5) is 0. The lowest BCUT2D eigenvalue weighted by atomic mass is 10.2. The molecule has 0 amide bonds. The van der Waals surface area contributed by atoms with E-state index in [4.69, 9.17) is 27.9 Å². The molecule has 4 rings (SSSR count). The van der Waals surface area contributed by atoms with Crippen molar-refractivity contribution in [3.05, 3.63) is 94.0 Å². The Morgan fingerprint density at radius 1 is 0.970 bits per heavy atom. The molecule has 9 heteroatoms. The van der Waals surface area contributed by atoms with E-state index in [1.807, 2.05) is 54.6 Å². The first-order chi connectivity index (χ1) is 16.2. The van der Waals surface area contributed by atoms with Crippen molar-refractivity contribution in [2.45, 2.75) is 24.7 Å². The monoisotopic (exact) mass is 499 g/mol. The molecule has 1 heterocycles. The van der Waals surface area contributed by atoms with Crippen molar-refractivity contribution in [2.24, 2.45) is 0 Å². The minimum atomic E-state index is 0.402. The molecule has 0 fully saturated rings. The van der Waals surface area contributed by atoms with Gasteiger partial charge in [0.1, 0.15) is 12.4 Å². The third-order valence-corrected chi connectivity index (χ3v) is 6.43. The average molecular weight is 500 g/mol. The zero-order chi connectivity index (χ0) is 22.9. The van der Waals surface area contributed by atoms with E-state index in [0.717, 1.165) is 47.4 Å². The van der Waals surface area contributed by atoms with Gasteiger partial charge >= 0.3 is 0 Å². The van der Waals surface area contributed by atoms with Crippen LogP contribution in [0.2, 0.25) is 10.0 Å². The molecule has 33 heavy (non-hydrogen) atoms. The number of ether oxygens (including phenoxy) is 1. The Kier molecular flexibility index (Phi) is 8.60. The maximum absolute atomic E-state index is 6.19. The SMILES string of the molecule is Clc1ccc(COc2ccc(CNCCCSc3nnnn3-c3ccccc3)cc2)c(Cl)c1. The summed E-state index contributed by atoms with van der Waals surface area (Å²) in [6.07, 6.45) is 1.01. The standard InChI is InChI=1S/C24H23Cl2N5OS/c25-20-10-9-19(23(26)15-20)17-32-22-11-7-18(8-12-22)16-27-13-4-14-33-24-28-29-30-31(24)21-5-2-1-3-6-21/h1-3,5-12,15,27H,4,13-14,16-17H2. The van der Waals surface area contributed by atoms with E-state index in [1.165, 1.54) is 5.56 Å².